The maximum absolute atomic E-state index is 14.2. The van der Waals surface area contributed by atoms with Gasteiger partial charge in [0.15, 0.2) is 11.9 Å². The molecule has 0 spiro atoms. The van der Waals surface area contributed by atoms with E-state index in [-0.39, 0.29) is 12.5 Å². The number of fused-ring (bicyclic) bond motifs is 2. The van der Waals surface area contributed by atoms with E-state index in [4.69, 9.17) is 19.9 Å². The van der Waals surface area contributed by atoms with Crippen LogP contribution in [0.1, 0.15) is 40.5 Å². The predicted octanol–water partition coefficient (Wildman–Crippen LogP) is 3.66. The average molecular weight is 571 g/mol. The molecule has 2 heterocycles. The van der Waals surface area contributed by atoms with Crippen LogP contribution in [-0.4, -0.2) is 66.9 Å². The van der Waals surface area contributed by atoms with E-state index in [1.807, 2.05) is 50.2 Å². The molecule has 40 heavy (non-hydrogen) atoms. The van der Waals surface area contributed by atoms with Crippen LogP contribution >= 0.6 is 11.8 Å². The van der Waals surface area contributed by atoms with E-state index in [2.05, 4.69) is 16.7 Å². The quantitative estimate of drug-likeness (QED) is 0.334. The van der Waals surface area contributed by atoms with E-state index >= 15 is 0 Å². The number of anilines is 2. The summed E-state index contributed by atoms with van der Waals surface area (Å²) in [5.74, 6) is -1.05. The highest BCUT2D eigenvalue weighted by molar-refractivity contribution is 7.99. The van der Waals surface area contributed by atoms with Gasteiger partial charge in [-0.15, -0.1) is 0 Å². The Bertz CT molecular complexity index is 1250. The van der Waals surface area contributed by atoms with Crippen LogP contribution in [0.3, 0.4) is 0 Å². The van der Waals surface area contributed by atoms with Crippen molar-refractivity contribution in [3.05, 3.63) is 42.5 Å². The minimum absolute atomic E-state index is 0.0669. The number of rotatable bonds is 10. The SMILES string of the molecule is COC1OCC[C@@H]1N(C(=O)[C@H](CC(C)C)NC(=O)CN)C(=O)C(C)(C)Oc1ccc2c(c1)Nc1ccccc1S2. The Kier molecular flexibility index (Phi) is 9.40. The molecule has 4 rings (SSSR count). The first-order valence-corrected chi connectivity index (χ1v) is 14.2. The number of nitrogens with one attached hydrogen (secondary N) is 2. The van der Waals surface area contributed by atoms with Gasteiger partial charge in [0.2, 0.25) is 5.91 Å². The van der Waals surface area contributed by atoms with Crippen LogP contribution in [0.5, 0.6) is 5.75 Å². The van der Waals surface area contributed by atoms with Crippen molar-refractivity contribution in [3.63, 3.8) is 0 Å². The Morgan fingerprint density at radius 3 is 2.60 bits per heavy atom. The first-order chi connectivity index (χ1) is 19.0. The number of hydrogen-bond donors (Lipinski definition) is 3. The third-order valence-electron chi connectivity index (χ3n) is 6.77. The summed E-state index contributed by atoms with van der Waals surface area (Å²) in [6, 6.07) is 12.0. The maximum atomic E-state index is 14.2. The van der Waals surface area contributed by atoms with Gasteiger partial charge in [0.1, 0.15) is 11.8 Å². The number of ether oxygens (including phenoxy) is 3. The van der Waals surface area contributed by atoms with Crippen LogP contribution in [-0.2, 0) is 23.9 Å². The van der Waals surface area contributed by atoms with Crippen molar-refractivity contribution in [2.24, 2.45) is 11.7 Å². The van der Waals surface area contributed by atoms with E-state index in [0.717, 1.165) is 26.1 Å². The Balaban J connectivity index is 1.61. The van der Waals surface area contributed by atoms with Crippen molar-refractivity contribution in [2.45, 2.75) is 74.3 Å². The molecule has 10 nitrogen and oxygen atoms in total. The average Bonchev–Trinajstić information content (AvgIpc) is 3.39. The van der Waals surface area contributed by atoms with Crippen molar-refractivity contribution in [3.8, 4) is 5.75 Å². The number of benzene rings is 2. The molecule has 1 unspecified atom stereocenters. The van der Waals surface area contributed by atoms with Gasteiger partial charge in [0, 0.05) is 23.0 Å². The Morgan fingerprint density at radius 1 is 1.18 bits per heavy atom. The van der Waals surface area contributed by atoms with Gasteiger partial charge in [0.25, 0.3) is 11.8 Å². The van der Waals surface area contributed by atoms with Gasteiger partial charge in [-0.3, -0.25) is 19.3 Å². The van der Waals surface area contributed by atoms with E-state index in [0.29, 0.717) is 25.2 Å². The summed E-state index contributed by atoms with van der Waals surface area (Å²) in [4.78, 5) is 43.7. The predicted molar refractivity (Wildman–Crippen MR) is 152 cm³/mol. The lowest BCUT2D eigenvalue weighted by molar-refractivity contribution is -0.170. The van der Waals surface area contributed by atoms with E-state index in [1.165, 1.54) is 7.11 Å². The summed E-state index contributed by atoms with van der Waals surface area (Å²) in [5.41, 5.74) is 5.93. The second kappa shape index (κ2) is 12.6. The van der Waals surface area contributed by atoms with Gasteiger partial charge in [-0.05, 0) is 56.9 Å². The Morgan fingerprint density at radius 2 is 1.90 bits per heavy atom. The fourth-order valence-electron chi connectivity index (χ4n) is 4.87. The van der Waals surface area contributed by atoms with Crippen molar-refractivity contribution < 1.29 is 28.6 Å². The van der Waals surface area contributed by atoms with Crippen LogP contribution in [0.4, 0.5) is 11.4 Å². The third-order valence-corrected chi connectivity index (χ3v) is 7.92. The van der Waals surface area contributed by atoms with Crippen molar-refractivity contribution in [1.29, 1.82) is 0 Å². The van der Waals surface area contributed by atoms with Crippen molar-refractivity contribution in [1.82, 2.24) is 10.2 Å². The van der Waals surface area contributed by atoms with Gasteiger partial charge in [-0.2, -0.15) is 0 Å². The zero-order valence-electron chi connectivity index (χ0n) is 23.6. The van der Waals surface area contributed by atoms with Crippen molar-refractivity contribution >= 4 is 40.9 Å². The molecule has 2 aliphatic rings. The van der Waals surface area contributed by atoms with E-state index in [1.54, 1.807) is 25.6 Å². The molecule has 0 aromatic heterocycles. The minimum Gasteiger partial charge on any atom is -0.478 e. The van der Waals surface area contributed by atoms with Gasteiger partial charge in [0.05, 0.1) is 30.6 Å². The number of methoxy groups -OCH3 is 1. The Labute approximate surface area is 239 Å². The molecule has 4 N–H and O–H groups in total. The molecule has 2 aliphatic heterocycles. The molecular weight excluding hydrogens is 532 g/mol. The first kappa shape index (κ1) is 29.9. The summed E-state index contributed by atoms with van der Waals surface area (Å²) < 4.78 is 17.4. The number of nitrogens with two attached hydrogens (primary N) is 1. The molecule has 0 aliphatic carbocycles. The van der Waals surface area contributed by atoms with Crippen LogP contribution in [0.2, 0.25) is 0 Å². The lowest BCUT2D eigenvalue weighted by Crippen LogP contribution is -2.61. The molecule has 2 aromatic carbocycles. The molecule has 2 aromatic rings. The third kappa shape index (κ3) is 6.60. The van der Waals surface area contributed by atoms with E-state index < -0.39 is 41.7 Å². The molecule has 1 saturated heterocycles. The highest BCUT2D eigenvalue weighted by Crippen LogP contribution is 2.45. The number of hydrogen-bond acceptors (Lipinski definition) is 9. The summed E-state index contributed by atoms with van der Waals surface area (Å²) in [6.45, 7) is 7.17. The van der Waals surface area contributed by atoms with Crippen LogP contribution in [0.15, 0.2) is 52.3 Å². The lowest BCUT2D eigenvalue weighted by atomic mass is 9.99. The summed E-state index contributed by atoms with van der Waals surface area (Å²) in [6.07, 6.45) is -0.0695. The van der Waals surface area contributed by atoms with Crippen molar-refractivity contribution in [2.75, 3.05) is 25.6 Å². The second-order valence-electron chi connectivity index (χ2n) is 10.8. The first-order valence-electron chi connectivity index (χ1n) is 13.4. The molecule has 3 amide bonds. The topological polar surface area (TPSA) is 132 Å². The Hall–Kier alpha value is -3.12. The number of para-hydroxylation sites is 1. The fraction of sp³-hybridized carbons (Fsp3) is 0.483. The smallest absolute Gasteiger partial charge is 0.273 e. The van der Waals surface area contributed by atoms with Gasteiger partial charge >= 0.3 is 0 Å². The van der Waals surface area contributed by atoms with Crippen LogP contribution < -0.4 is 21.1 Å². The highest BCUT2D eigenvalue weighted by Gasteiger charge is 2.47. The highest BCUT2D eigenvalue weighted by atomic mass is 32.2. The molecule has 11 heteroatoms. The zero-order chi connectivity index (χ0) is 29.0. The standard InChI is InChI=1S/C29H38N4O6S/c1-17(2)14-21(32-25(34)16-30)26(35)33(22-12-13-38-27(22)37-5)28(36)29(3,4)39-18-10-11-24-20(15-18)31-19-8-6-7-9-23(19)40-24/h6-11,15,17,21-22,27,31H,12-14,16,30H2,1-5H3,(H,32,34)/t21-,22-,27?/m0/s1. The van der Waals surface area contributed by atoms with Gasteiger partial charge < -0.3 is 30.6 Å². The minimum atomic E-state index is -1.44. The summed E-state index contributed by atoms with van der Waals surface area (Å²) >= 11 is 1.65. The monoisotopic (exact) mass is 570 g/mol. The molecule has 0 bridgehead atoms. The molecule has 3 atom stereocenters. The molecule has 216 valence electrons. The summed E-state index contributed by atoms with van der Waals surface area (Å²) in [7, 11) is 1.47. The molecule has 0 radical (unpaired) electrons. The lowest BCUT2D eigenvalue weighted by Gasteiger charge is -2.38. The molecular formula is C29H38N4O6S. The van der Waals surface area contributed by atoms with Gasteiger partial charge in [-0.25, -0.2) is 0 Å². The number of nitrogens with zero attached hydrogens (tertiary/aromatic N) is 1. The number of amides is 3. The van der Waals surface area contributed by atoms with E-state index in [9.17, 15) is 14.4 Å². The second-order valence-corrected chi connectivity index (χ2v) is 11.9. The zero-order valence-corrected chi connectivity index (χ0v) is 24.4. The number of imide groups is 1. The summed E-state index contributed by atoms with van der Waals surface area (Å²) in [5, 5.41) is 6.11. The fourth-order valence-corrected chi connectivity index (χ4v) is 5.83. The number of carbonyl (C=O) groups excluding carboxylic acids is 3. The maximum Gasteiger partial charge on any atom is 0.273 e. The van der Waals surface area contributed by atoms with Gasteiger partial charge in [-0.1, -0.05) is 37.7 Å². The normalized spacial score (nSPS) is 18.8. The van der Waals surface area contributed by atoms with Crippen LogP contribution in [0.25, 0.3) is 0 Å². The largest absolute Gasteiger partial charge is 0.478 e. The molecule has 1 fully saturated rings. The molecule has 0 saturated carbocycles. The van der Waals surface area contributed by atoms with Crippen LogP contribution in [0, 0.1) is 5.92 Å². The number of carbonyl (C=O) groups is 3.